The number of carboxylic acid groups (broad SMARTS) is 1. The van der Waals surface area contributed by atoms with Gasteiger partial charge in [-0.15, -0.1) is 5.10 Å². The lowest BCUT2D eigenvalue weighted by Gasteiger charge is -2.03. The molecule has 122 valence electrons. The minimum absolute atomic E-state index is 0.0677. The van der Waals surface area contributed by atoms with Gasteiger partial charge in [0.1, 0.15) is 17.6 Å². The van der Waals surface area contributed by atoms with Gasteiger partial charge in [0.15, 0.2) is 0 Å². The van der Waals surface area contributed by atoms with Crippen LogP contribution in [0.3, 0.4) is 0 Å². The fourth-order valence-corrected chi connectivity index (χ4v) is 2.22. The van der Waals surface area contributed by atoms with Gasteiger partial charge in [-0.2, -0.15) is 5.10 Å². The minimum atomic E-state index is -1.23. The number of hydrogen-bond donors (Lipinski definition) is 2. The molecule has 0 radical (unpaired) electrons. The maximum Gasteiger partial charge on any atom is 0.339 e. The van der Waals surface area contributed by atoms with Gasteiger partial charge < -0.3 is 5.11 Å². The van der Waals surface area contributed by atoms with Crippen molar-refractivity contribution in [2.45, 2.75) is 6.54 Å². The lowest BCUT2D eigenvalue weighted by molar-refractivity contribution is 0.0692. The van der Waals surface area contributed by atoms with Gasteiger partial charge in [-0.3, -0.25) is 14.8 Å². The van der Waals surface area contributed by atoms with E-state index in [-0.39, 0.29) is 17.2 Å². The molecule has 0 saturated heterocycles. The Morgan fingerprint density at radius 2 is 2.00 bits per heavy atom. The quantitative estimate of drug-likeness (QED) is 0.723. The van der Waals surface area contributed by atoms with Crippen molar-refractivity contribution in [3.05, 3.63) is 59.7 Å². The molecule has 0 spiro atoms. The zero-order valence-electron chi connectivity index (χ0n) is 12.7. The highest BCUT2D eigenvalue weighted by Gasteiger charge is 2.22. The van der Waals surface area contributed by atoms with E-state index in [0.717, 1.165) is 11.8 Å². The van der Waals surface area contributed by atoms with Crippen LogP contribution in [-0.2, 0) is 13.6 Å². The molecular weight excluding hydrogens is 312 g/mol. The molecule has 9 heteroatoms. The average molecular weight is 326 g/mol. The van der Waals surface area contributed by atoms with E-state index >= 15 is 0 Å². The number of rotatable bonds is 5. The molecule has 0 aliphatic heterocycles. The van der Waals surface area contributed by atoms with Crippen molar-refractivity contribution in [2.75, 3.05) is 5.32 Å². The second-order valence-corrected chi connectivity index (χ2v) is 5.04. The van der Waals surface area contributed by atoms with Crippen molar-refractivity contribution in [1.29, 1.82) is 0 Å². The van der Waals surface area contributed by atoms with E-state index < -0.39 is 11.9 Å². The van der Waals surface area contributed by atoms with Gasteiger partial charge in [0.05, 0.1) is 12.7 Å². The van der Waals surface area contributed by atoms with Crippen molar-refractivity contribution in [1.82, 2.24) is 24.5 Å². The largest absolute Gasteiger partial charge is 0.478 e. The van der Waals surface area contributed by atoms with E-state index in [1.165, 1.54) is 18.1 Å². The zero-order valence-corrected chi connectivity index (χ0v) is 12.7. The molecule has 9 nitrogen and oxygen atoms in total. The summed E-state index contributed by atoms with van der Waals surface area (Å²) in [6.07, 6.45) is 2.61. The van der Waals surface area contributed by atoms with E-state index in [4.69, 9.17) is 5.11 Å². The van der Waals surface area contributed by atoms with Crippen LogP contribution >= 0.6 is 0 Å². The number of nitrogens with one attached hydrogen (secondary N) is 1. The molecule has 0 aliphatic rings. The summed E-state index contributed by atoms with van der Waals surface area (Å²) in [5, 5.41) is 19.5. The standard InChI is InChI=1S/C15H14N6O3/c1-20-12(11(7-17-20)14(23)24)13(22)18-15-16-9-21(19-15)8-10-5-3-2-4-6-10/h2-7,9H,8H2,1H3,(H,23,24)(H,18,19,22). The first-order valence-electron chi connectivity index (χ1n) is 7.04. The molecule has 0 fully saturated rings. The Kier molecular flexibility index (Phi) is 4.06. The van der Waals surface area contributed by atoms with Crippen LogP contribution in [0.4, 0.5) is 5.95 Å². The highest BCUT2D eigenvalue weighted by Crippen LogP contribution is 2.10. The van der Waals surface area contributed by atoms with Crippen molar-refractivity contribution in [2.24, 2.45) is 7.05 Å². The maximum atomic E-state index is 12.3. The minimum Gasteiger partial charge on any atom is -0.478 e. The normalized spacial score (nSPS) is 10.5. The molecule has 0 atom stereocenters. The number of nitrogens with zero attached hydrogens (tertiary/aromatic N) is 5. The van der Waals surface area contributed by atoms with Crippen LogP contribution in [0.15, 0.2) is 42.9 Å². The highest BCUT2D eigenvalue weighted by atomic mass is 16.4. The van der Waals surface area contributed by atoms with Crippen LogP contribution in [0.1, 0.15) is 26.4 Å². The smallest absolute Gasteiger partial charge is 0.339 e. The van der Waals surface area contributed by atoms with E-state index in [9.17, 15) is 9.59 Å². The van der Waals surface area contributed by atoms with Gasteiger partial charge in [0, 0.05) is 7.05 Å². The third kappa shape index (κ3) is 3.14. The topological polar surface area (TPSA) is 115 Å². The van der Waals surface area contributed by atoms with E-state index in [1.54, 1.807) is 4.68 Å². The van der Waals surface area contributed by atoms with Crippen LogP contribution in [0.25, 0.3) is 0 Å². The molecular formula is C15H14N6O3. The maximum absolute atomic E-state index is 12.3. The number of carboxylic acids is 1. The summed E-state index contributed by atoms with van der Waals surface area (Å²) in [6, 6.07) is 9.67. The molecule has 2 heterocycles. The lowest BCUT2D eigenvalue weighted by atomic mass is 10.2. The molecule has 0 aliphatic carbocycles. The molecule has 0 saturated carbocycles. The Morgan fingerprint density at radius 3 is 2.71 bits per heavy atom. The number of carbonyl (C=O) groups is 2. The molecule has 0 bridgehead atoms. The first-order chi connectivity index (χ1) is 11.5. The Morgan fingerprint density at radius 1 is 1.25 bits per heavy atom. The first kappa shape index (κ1) is 15.4. The molecule has 2 N–H and O–H groups in total. The molecule has 3 aromatic rings. The zero-order chi connectivity index (χ0) is 17.1. The summed E-state index contributed by atoms with van der Waals surface area (Å²) in [6.45, 7) is 0.510. The summed E-state index contributed by atoms with van der Waals surface area (Å²) in [7, 11) is 1.49. The fourth-order valence-electron chi connectivity index (χ4n) is 2.22. The Balaban J connectivity index is 1.74. The van der Waals surface area contributed by atoms with Crippen LogP contribution in [0, 0.1) is 0 Å². The Bertz CT molecular complexity index is 884. The second kappa shape index (κ2) is 6.32. The summed E-state index contributed by atoms with van der Waals surface area (Å²) in [4.78, 5) is 27.4. The molecule has 1 aromatic carbocycles. The first-order valence-corrected chi connectivity index (χ1v) is 7.04. The molecule has 2 aromatic heterocycles. The van der Waals surface area contributed by atoms with Crippen LogP contribution in [0.5, 0.6) is 0 Å². The van der Waals surface area contributed by atoms with E-state index in [0.29, 0.717) is 6.54 Å². The number of anilines is 1. The fraction of sp³-hybridized carbons (Fsp3) is 0.133. The van der Waals surface area contributed by atoms with Crippen molar-refractivity contribution < 1.29 is 14.7 Å². The SMILES string of the molecule is Cn1ncc(C(=O)O)c1C(=O)Nc1ncn(Cc2ccccc2)n1. The van der Waals surface area contributed by atoms with Crippen LogP contribution < -0.4 is 5.32 Å². The third-order valence-corrected chi connectivity index (χ3v) is 3.33. The van der Waals surface area contributed by atoms with Gasteiger partial charge in [-0.05, 0) is 5.56 Å². The summed E-state index contributed by atoms with van der Waals surface area (Å²) < 4.78 is 2.77. The number of hydrogen-bond acceptors (Lipinski definition) is 5. The Hall–Kier alpha value is -3.49. The molecule has 1 amide bonds. The number of benzene rings is 1. The van der Waals surface area contributed by atoms with Gasteiger partial charge >= 0.3 is 5.97 Å². The van der Waals surface area contributed by atoms with Gasteiger partial charge in [0.2, 0.25) is 5.95 Å². The highest BCUT2D eigenvalue weighted by molar-refractivity contribution is 6.08. The van der Waals surface area contributed by atoms with Crippen molar-refractivity contribution in [3.8, 4) is 0 Å². The predicted octanol–water partition coefficient (Wildman–Crippen LogP) is 1.01. The second-order valence-electron chi connectivity index (χ2n) is 5.04. The molecule has 3 rings (SSSR count). The van der Waals surface area contributed by atoms with Gasteiger partial charge in [0.25, 0.3) is 5.91 Å². The van der Waals surface area contributed by atoms with Gasteiger partial charge in [-0.25, -0.2) is 14.5 Å². The lowest BCUT2D eigenvalue weighted by Crippen LogP contribution is -2.20. The predicted molar refractivity (Wildman–Crippen MR) is 83.7 cm³/mol. The summed E-state index contributed by atoms with van der Waals surface area (Å²) >= 11 is 0. The number of carbonyl (C=O) groups excluding carboxylic acids is 1. The van der Waals surface area contributed by atoms with Crippen molar-refractivity contribution >= 4 is 17.8 Å². The number of aryl methyl sites for hydroxylation is 1. The van der Waals surface area contributed by atoms with E-state index in [2.05, 4.69) is 20.5 Å². The number of amides is 1. The van der Waals surface area contributed by atoms with Crippen molar-refractivity contribution in [3.63, 3.8) is 0 Å². The summed E-state index contributed by atoms with van der Waals surface area (Å²) in [5.74, 6) is -1.77. The van der Waals surface area contributed by atoms with Gasteiger partial charge in [-0.1, -0.05) is 30.3 Å². The average Bonchev–Trinajstić information content (AvgIpc) is 3.15. The summed E-state index contributed by atoms with van der Waals surface area (Å²) in [5.41, 5.74) is 0.792. The number of aromatic nitrogens is 5. The number of aromatic carboxylic acids is 1. The van der Waals surface area contributed by atoms with Crippen LogP contribution in [0.2, 0.25) is 0 Å². The third-order valence-electron chi connectivity index (χ3n) is 3.33. The van der Waals surface area contributed by atoms with E-state index in [1.807, 2.05) is 30.3 Å². The molecule has 24 heavy (non-hydrogen) atoms. The monoisotopic (exact) mass is 326 g/mol. The Labute approximate surface area is 136 Å². The molecule has 0 unspecified atom stereocenters. The van der Waals surface area contributed by atoms with Crippen LogP contribution in [-0.4, -0.2) is 41.5 Å².